The van der Waals surface area contributed by atoms with Gasteiger partial charge in [-0.2, -0.15) is 0 Å². The molecule has 2 rings (SSSR count). The molecule has 11 heteroatoms. The monoisotopic (exact) mass is 496 g/mol. The van der Waals surface area contributed by atoms with E-state index < -0.39 is 60.0 Å². The zero-order valence-corrected chi connectivity index (χ0v) is 20.9. The molecule has 0 aromatic heterocycles. The normalized spacial score (nSPS) is 24.1. The Kier molecular flexibility index (Phi) is 9.08. The molecule has 0 amide bonds. The predicted octanol–water partition coefficient (Wildman–Crippen LogP) is 2.15. The Morgan fingerprint density at radius 1 is 0.857 bits per heavy atom. The largest absolute Gasteiger partial charge is 0.508 e. The van der Waals surface area contributed by atoms with E-state index in [1.54, 1.807) is 6.07 Å². The lowest BCUT2D eigenvalue weighted by Crippen LogP contribution is -2.63. The number of rotatable bonds is 7. The number of esters is 4. The van der Waals surface area contributed by atoms with Gasteiger partial charge in [-0.3, -0.25) is 19.2 Å². The van der Waals surface area contributed by atoms with Gasteiger partial charge in [0.05, 0.1) is 0 Å². The van der Waals surface area contributed by atoms with Crippen molar-refractivity contribution in [2.75, 3.05) is 6.61 Å². The highest BCUT2D eigenvalue weighted by atomic mass is 16.7. The average molecular weight is 497 g/mol. The fourth-order valence-electron chi connectivity index (χ4n) is 3.61. The van der Waals surface area contributed by atoms with Crippen molar-refractivity contribution in [1.29, 1.82) is 0 Å². The van der Waals surface area contributed by atoms with Crippen molar-refractivity contribution in [3.63, 3.8) is 0 Å². The van der Waals surface area contributed by atoms with Crippen molar-refractivity contribution in [3.8, 4) is 11.5 Å². The number of aromatic hydroxyl groups is 1. The van der Waals surface area contributed by atoms with Crippen molar-refractivity contribution in [2.45, 2.75) is 84.6 Å². The number of benzene rings is 1. The maximum atomic E-state index is 11.9. The summed E-state index contributed by atoms with van der Waals surface area (Å²) < 4.78 is 33.1. The van der Waals surface area contributed by atoms with Gasteiger partial charge in [0, 0.05) is 33.3 Å². The average Bonchev–Trinajstić information content (AvgIpc) is 2.70. The van der Waals surface area contributed by atoms with Crippen LogP contribution in [0.1, 0.15) is 54.0 Å². The summed E-state index contributed by atoms with van der Waals surface area (Å²) >= 11 is 0. The minimum atomic E-state index is -1.35. The van der Waals surface area contributed by atoms with Crippen molar-refractivity contribution < 1.29 is 52.7 Å². The van der Waals surface area contributed by atoms with Gasteiger partial charge in [0.1, 0.15) is 24.2 Å². The SMILES string of the molecule is CC(=O)OC[C@H]1O[C@@H](Oc2ccc(O)c(C(C)(C)C)c2)[C@H](OC(C)=O)[C@@H](OC(C)=O)[C@@H]1OC(C)=O. The Hall–Kier alpha value is -3.34. The van der Waals surface area contributed by atoms with E-state index in [1.165, 1.54) is 19.1 Å². The number of carbonyl (C=O) groups is 4. The smallest absolute Gasteiger partial charge is 0.303 e. The summed E-state index contributed by atoms with van der Waals surface area (Å²) in [5.74, 6) is -2.49. The predicted molar refractivity (Wildman–Crippen MR) is 119 cm³/mol. The zero-order chi connectivity index (χ0) is 26.5. The van der Waals surface area contributed by atoms with Crippen molar-refractivity contribution in [3.05, 3.63) is 23.8 Å². The number of phenols is 1. The molecule has 0 spiro atoms. The lowest BCUT2D eigenvalue weighted by molar-refractivity contribution is -0.288. The molecule has 0 radical (unpaired) electrons. The van der Waals surface area contributed by atoms with E-state index in [9.17, 15) is 24.3 Å². The van der Waals surface area contributed by atoms with E-state index in [0.717, 1.165) is 20.8 Å². The van der Waals surface area contributed by atoms with E-state index in [4.69, 9.17) is 28.4 Å². The van der Waals surface area contributed by atoms with Gasteiger partial charge in [-0.15, -0.1) is 0 Å². The van der Waals surface area contributed by atoms with Gasteiger partial charge in [0.25, 0.3) is 0 Å². The molecule has 1 fully saturated rings. The molecule has 1 heterocycles. The molecule has 1 aromatic rings. The first-order chi connectivity index (χ1) is 16.2. The van der Waals surface area contributed by atoms with E-state index in [-0.39, 0.29) is 18.1 Å². The molecule has 1 N–H and O–H groups in total. The first-order valence-corrected chi connectivity index (χ1v) is 11.0. The molecule has 5 atom stereocenters. The first kappa shape index (κ1) is 27.9. The van der Waals surface area contributed by atoms with E-state index in [0.29, 0.717) is 5.56 Å². The van der Waals surface area contributed by atoms with Crippen LogP contribution in [0.25, 0.3) is 0 Å². The Bertz CT molecular complexity index is 949. The van der Waals surface area contributed by atoms with Gasteiger partial charge < -0.3 is 33.5 Å². The highest BCUT2D eigenvalue weighted by Crippen LogP contribution is 2.36. The Morgan fingerprint density at radius 3 is 1.91 bits per heavy atom. The number of hydrogen-bond acceptors (Lipinski definition) is 11. The third-order valence-corrected chi connectivity index (χ3v) is 4.98. The topological polar surface area (TPSA) is 144 Å². The molecule has 0 bridgehead atoms. The molecule has 1 aliphatic rings. The van der Waals surface area contributed by atoms with Crippen LogP contribution in [-0.2, 0) is 48.3 Å². The van der Waals surface area contributed by atoms with Crippen molar-refractivity contribution in [2.24, 2.45) is 0 Å². The van der Waals surface area contributed by atoms with Crippen LogP contribution in [0.15, 0.2) is 18.2 Å². The van der Waals surface area contributed by atoms with Gasteiger partial charge in [-0.1, -0.05) is 20.8 Å². The Balaban J connectivity index is 2.51. The molecule has 1 aromatic carbocycles. The lowest BCUT2D eigenvalue weighted by Gasteiger charge is -2.44. The van der Waals surface area contributed by atoms with E-state index in [1.807, 2.05) is 20.8 Å². The molecule has 0 unspecified atom stereocenters. The van der Waals surface area contributed by atoms with Gasteiger partial charge >= 0.3 is 23.9 Å². The molecule has 0 aliphatic carbocycles. The van der Waals surface area contributed by atoms with Crippen molar-refractivity contribution in [1.82, 2.24) is 0 Å². The number of phenolic OH excluding ortho intramolecular Hbond substituents is 1. The van der Waals surface area contributed by atoms with Crippen LogP contribution in [0, 0.1) is 0 Å². The van der Waals surface area contributed by atoms with Gasteiger partial charge in [-0.25, -0.2) is 0 Å². The Morgan fingerprint density at radius 2 is 1.40 bits per heavy atom. The standard InChI is InChI=1S/C24H32O11/c1-12(25)30-11-19-20(31-13(2)26)21(32-14(3)27)22(33-15(4)28)23(35-19)34-16-8-9-18(29)17(10-16)24(5,6)7/h8-10,19-23,29H,11H2,1-7H3/t19-,20-,21+,22-,23-/m1/s1. The summed E-state index contributed by atoms with van der Waals surface area (Å²) in [6.07, 6.45) is -6.43. The molecule has 194 valence electrons. The highest BCUT2D eigenvalue weighted by molar-refractivity contribution is 5.68. The third kappa shape index (κ3) is 7.84. The lowest BCUT2D eigenvalue weighted by atomic mass is 9.86. The quantitative estimate of drug-likeness (QED) is 0.438. The molecule has 11 nitrogen and oxygen atoms in total. The number of ether oxygens (including phenoxy) is 6. The third-order valence-electron chi connectivity index (χ3n) is 4.98. The molecule has 0 saturated carbocycles. The molecular formula is C24H32O11. The van der Waals surface area contributed by atoms with Gasteiger partial charge in [-0.05, 0) is 23.6 Å². The van der Waals surface area contributed by atoms with E-state index in [2.05, 4.69) is 0 Å². The Labute approximate surface area is 203 Å². The highest BCUT2D eigenvalue weighted by Gasteiger charge is 2.53. The second kappa shape index (κ2) is 11.4. The van der Waals surface area contributed by atoms with Crippen LogP contribution in [0.5, 0.6) is 11.5 Å². The molecule has 1 saturated heterocycles. The fourth-order valence-corrected chi connectivity index (χ4v) is 3.61. The minimum Gasteiger partial charge on any atom is -0.508 e. The first-order valence-electron chi connectivity index (χ1n) is 11.0. The van der Waals surface area contributed by atoms with Crippen LogP contribution in [0.2, 0.25) is 0 Å². The maximum absolute atomic E-state index is 11.9. The van der Waals surface area contributed by atoms with Crippen LogP contribution in [0.3, 0.4) is 0 Å². The van der Waals surface area contributed by atoms with Gasteiger partial charge in [0.15, 0.2) is 12.2 Å². The number of hydrogen-bond donors (Lipinski definition) is 1. The fraction of sp³-hybridized carbons (Fsp3) is 0.583. The summed E-state index contributed by atoms with van der Waals surface area (Å²) in [6.45, 7) is 9.96. The summed E-state index contributed by atoms with van der Waals surface area (Å²) in [6, 6.07) is 4.53. The zero-order valence-electron chi connectivity index (χ0n) is 20.9. The second-order valence-corrected chi connectivity index (χ2v) is 9.11. The van der Waals surface area contributed by atoms with E-state index >= 15 is 0 Å². The van der Waals surface area contributed by atoms with Gasteiger partial charge in [0.2, 0.25) is 12.4 Å². The van der Waals surface area contributed by atoms with Crippen molar-refractivity contribution >= 4 is 23.9 Å². The summed E-state index contributed by atoms with van der Waals surface area (Å²) in [7, 11) is 0. The number of carbonyl (C=O) groups excluding carboxylic acids is 4. The van der Waals surface area contributed by atoms with Crippen LogP contribution >= 0.6 is 0 Å². The molecular weight excluding hydrogens is 464 g/mol. The minimum absolute atomic E-state index is 0.0615. The second-order valence-electron chi connectivity index (χ2n) is 9.11. The molecule has 35 heavy (non-hydrogen) atoms. The summed E-state index contributed by atoms with van der Waals surface area (Å²) in [5.41, 5.74) is 0.158. The summed E-state index contributed by atoms with van der Waals surface area (Å²) in [5, 5.41) is 10.3. The molecule has 1 aliphatic heterocycles. The summed E-state index contributed by atoms with van der Waals surface area (Å²) in [4.78, 5) is 47.0. The van der Waals surface area contributed by atoms with Crippen LogP contribution in [0.4, 0.5) is 0 Å². The van der Waals surface area contributed by atoms with Crippen LogP contribution < -0.4 is 4.74 Å². The van der Waals surface area contributed by atoms with Crippen LogP contribution in [-0.4, -0.2) is 66.3 Å². The maximum Gasteiger partial charge on any atom is 0.303 e.